The summed E-state index contributed by atoms with van der Waals surface area (Å²) in [6.45, 7) is 4.16. The van der Waals surface area contributed by atoms with Gasteiger partial charge in [-0.2, -0.15) is 0 Å². The highest BCUT2D eigenvalue weighted by Crippen LogP contribution is 2.27. The lowest BCUT2D eigenvalue weighted by atomic mass is 10.1. The molecule has 3 rings (SSSR count). The minimum atomic E-state index is 0.864. The van der Waals surface area contributed by atoms with E-state index in [-0.39, 0.29) is 0 Å². The lowest BCUT2D eigenvalue weighted by molar-refractivity contribution is 1.43. The first-order chi connectivity index (χ1) is 11.7. The second kappa shape index (κ2) is 7.51. The Morgan fingerprint density at radius 3 is 1.46 bits per heavy atom. The third kappa shape index (κ3) is 4.26. The van der Waals surface area contributed by atoms with Gasteiger partial charge in [-0.05, 0) is 37.1 Å². The summed E-state index contributed by atoms with van der Waals surface area (Å²) < 4.78 is 0. The average Bonchev–Trinajstić information content (AvgIpc) is 2.59. The van der Waals surface area contributed by atoms with Gasteiger partial charge in [0.2, 0.25) is 0 Å². The van der Waals surface area contributed by atoms with Gasteiger partial charge in [0.1, 0.15) is 0 Å². The van der Waals surface area contributed by atoms with Crippen LogP contribution in [0, 0.1) is 13.8 Å². The number of aryl methyl sites for hydroxylation is 2. The van der Waals surface area contributed by atoms with Gasteiger partial charge in [0.15, 0.2) is 0 Å². The van der Waals surface area contributed by atoms with E-state index in [0.29, 0.717) is 0 Å². The van der Waals surface area contributed by atoms with Gasteiger partial charge in [-0.3, -0.25) is 9.98 Å². The van der Waals surface area contributed by atoms with Crippen LogP contribution in [0.2, 0.25) is 0 Å². The fraction of sp³-hybridized carbons (Fsp3) is 0.0909. The van der Waals surface area contributed by atoms with Crippen molar-refractivity contribution in [1.82, 2.24) is 0 Å². The van der Waals surface area contributed by atoms with Crippen molar-refractivity contribution in [3.05, 3.63) is 95.1 Å². The highest BCUT2D eigenvalue weighted by Gasteiger charge is 1.98. The molecule has 0 unspecified atom stereocenters. The molecule has 0 aliphatic heterocycles. The van der Waals surface area contributed by atoms with Gasteiger partial charge in [-0.25, -0.2) is 0 Å². The first-order valence-electron chi connectivity index (χ1n) is 8.01. The van der Waals surface area contributed by atoms with Crippen molar-refractivity contribution in [3.63, 3.8) is 0 Å². The second-order valence-corrected chi connectivity index (χ2v) is 5.83. The van der Waals surface area contributed by atoms with Crippen LogP contribution in [0.1, 0.15) is 22.3 Å². The Kier molecular flexibility index (Phi) is 4.97. The molecule has 3 aromatic rings. The van der Waals surface area contributed by atoms with E-state index in [4.69, 9.17) is 0 Å². The van der Waals surface area contributed by atoms with E-state index in [2.05, 4.69) is 60.2 Å². The first kappa shape index (κ1) is 15.9. The number of benzene rings is 3. The summed E-state index contributed by atoms with van der Waals surface area (Å²) in [4.78, 5) is 9.22. The van der Waals surface area contributed by atoms with Crippen LogP contribution in [-0.4, -0.2) is 12.4 Å². The Hall–Kier alpha value is -3.00. The normalized spacial score (nSPS) is 11.4. The highest BCUT2D eigenvalue weighted by molar-refractivity contribution is 5.86. The van der Waals surface area contributed by atoms with Crippen molar-refractivity contribution in [2.75, 3.05) is 0 Å². The zero-order chi connectivity index (χ0) is 16.8. The topological polar surface area (TPSA) is 24.7 Å². The van der Waals surface area contributed by atoms with E-state index in [9.17, 15) is 0 Å². The third-order valence-electron chi connectivity index (χ3n) is 3.67. The Balaban J connectivity index is 1.85. The monoisotopic (exact) mass is 312 g/mol. The minimum absolute atomic E-state index is 0.864. The molecule has 0 heterocycles. The van der Waals surface area contributed by atoms with E-state index in [1.165, 1.54) is 11.1 Å². The van der Waals surface area contributed by atoms with Crippen molar-refractivity contribution >= 4 is 23.8 Å². The standard InChI is InChI=1S/C22H20N2/c1-17-7-5-9-19(13-17)15-23-21-11-3-4-12-22(21)24-16-20-10-6-8-18(2)14-20/h3-16H,1-2H3. The van der Waals surface area contributed by atoms with Gasteiger partial charge in [-0.1, -0.05) is 71.8 Å². The van der Waals surface area contributed by atoms with E-state index >= 15 is 0 Å². The molecule has 0 spiro atoms. The van der Waals surface area contributed by atoms with Crippen LogP contribution >= 0.6 is 0 Å². The van der Waals surface area contributed by atoms with E-state index < -0.39 is 0 Å². The lowest BCUT2D eigenvalue weighted by Crippen LogP contribution is -1.83. The average molecular weight is 312 g/mol. The van der Waals surface area contributed by atoms with Crippen LogP contribution < -0.4 is 0 Å². The lowest BCUT2D eigenvalue weighted by Gasteiger charge is -2.01. The van der Waals surface area contributed by atoms with Gasteiger partial charge in [-0.15, -0.1) is 0 Å². The molecule has 0 aliphatic rings. The van der Waals surface area contributed by atoms with Crippen LogP contribution in [0.3, 0.4) is 0 Å². The van der Waals surface area contributed by atoms with Gasteiger partial charge in [0.05, 0.1) is 11.4 Å². The molecule has 3 aromatic carbocycles. The zero-order valence-electron chi connectivity index (χ0n) is 14.0. The first-order valence-corrected chi connectivity index (χ1v) is 8.01. The van der Waals surface area contributed by atoms with Crippen molar-refractivity contribution in [2.45, 2.75) is 13.8 Å². The summed E-state index contributed by atoms with van der Waals surface area (Å²) in [6, 6.07) is 24.5. The highest BCUT2D eigenvalue weighted by atomic mass is 14.8. The number of rotatable bonds is 4. The van der Waals surface area contributed by atoms with E-state index in [0.717, 1.165) is 22.5 Å². The fourth-order valence-corrected chi connectivity index (χ4v) is 2.47. The summed E-state index contributed by atoms with van der Waals surface area (Å²) in [6.07, 6.45) is 3.77. The summed E-state index contributed by atoms with van der Waals surface area (Å²) in [5.41, 5.74) is 6.36. The minimum Gasteiger partial charge on any atom is -0.254 e. The molecule has 0 amide bonds. The molecule has 0 N–H and O–H groups in total. The van der Waals surface area contributed by atoms with E-state index in [1.54, 1.807) is 0 Å². The Morgan fingerprint density at radius 1 is 0.583 bits per heavy atom. The van der Waals surface area contributed by atoms with Crippen LogP contribution in [0.25, 0.3) is 0 Å². The predicted molar refractivity (Wildman–Crippen MR) is 103 cm³/mol. The number of aliphatic imine (C=N–C) groups is 2. The molecule has 0 bridgehead atoms. The molecular weight excluding hydrogens is 292 g/mol. The maximum absolute atomic E-state index is 4.61. The smallest absolute Gasteiger partial charge is 0.0886 e. The molecule has 0 radical (unpaired) electrons. The molecule has 0 atom stereocenters. The van der Waals surface area contributed by atoms with Gasteiger partial charge in [0, 0.05) is 12.4 Å². The van der Waals surface area contributed by atoms with Crippen molar-refractivity contribution in [3.8, 4) is 0 Å². The summed E-state index contributed by atoms with van der Waals surface area (Å²) in [5.74, 6) is 0. The van der Waals surface area contributed by atoms with E-state index in [1.807, 2.05) is 48.8 Å². The SMILES string of the molecule is Cc1cccc(C=Nc2ccccc2N=Cc2cccc(C)c2)c1. The Labute approximate surface area is 143 Å². The van der Waals surface area contributed by atoms with Gasteiger partial charge < -0.3 is 0 Å². The summed E-state index contributed by atoms with van der Waals surface area (Å²) in [7, 11) is 0. The van der Waals surface area contributed by atoms with Crippen LogP contribution in [0.5, 0.6) is 0 Å². The van der Waals surface area contributed by atoms with Gasteiger partial charge in [0.25, 0.3) is 0 Å². The molecular formula is C22H20N2. The molecule has 24 heavy (non-hydrogen) atoms. The number of hydrogen-bond donors (Lipinski definition) is 0. The molecule has 118 valence electrons. The number of para-hydroxylation sites is 2. The Bertz CT molecular complexity index is 817. The second-order valence-electron chi connectivity index (χ2n) is 5.83. The zero-order valence-corrected chi connectivity index (χ0v) is 14.0. The number of hydrogen-bond acceptors (Lipinski definition) is 2. The maximum Gasteiger partial charge on any atom is 0.0886 e. The third-order valence-corrected chi connectivity index (χ3v) is 3.67. The van der Waals surface area contributed by atoms with Crippen molar-refractivity contribution in [1.29, 1.82) is 0 Å². The van der Waals surface area contributed by atoms with Crippen molar-refractivity contribution < 1.29 is 0 Å². The molecule has 0 aromatic heterocycles. The fourth-order valence-electron chi connectivity index (χ4n) is 2.47. The number of nitrogens with zero attached hydrogens (tertiary/aromatic N) is 2. The van der Waals surface area contributed by atoms with Crippen molar-refractivity contribution in [2.24, 2.45) is 9.98 Å². The van der Waals surface area contributed by atoms with Crippen LogP contribution in [0.15, 0.2) is 82.8 Å². The summed E-state index contributed by atoms with van der Waals surface area (Å²) >= 11 is 0. The quantitative estimate of drug-likeness (QED) is 0.544. The van der Waals surface area contributed by atoms with Gasteiger partial charge >= 0.3 is 0 Å². The largest absolute Gasteiger partial charge is 0.254 e. The molecule has 0 saturated carbocycles. The molecule has 2 heteroatoms. The Morgan fingerprint density at radius 2 is 1.04 bits per heavy atom. The molecule has 0 saturated heterocycles. The van der Waals surface area contributed by atoms with Crippen LogP contribution in [0.4, 0.5) is 11.4 Å². The maximum atomic E-state index is 4.61. The predicted octanol–water partition coefficient (Wildman–Crippen LogP) is 5.80. The molecule has 0 fully saturated rings. The molecule has 2 nitrogen and oxygen atoms in total. The summed E-state index contributed by atoms with van der Waals surface area (Å²) in [5, 5.41) is 0. The molecule has 0 aliphatic carbocycles. The van der Waals surface area contributed by atoms with Crippen LogP contribution in [-0.2, 0) is 0 Å².